The lowest BCUT2D eigenvalue weighted by Crippen LogP contribution is -2.33. The summed E-state index contributed by atoms with van der Waals surface area (Å²) in [5.41, 5.74) is 3.36. The second-order valence-corrected chi connectivity index (χ2v) is 4.38. The Bertz CT molecular complexity index is 514. The van der Waals surface area contributed by atoms with Crippen molar-refractivity contribution in [3.63, 3.8) is 0 Å². The average Bonchev–Trinajstić information content (AvgIpc) is 2.81. The molecule has 90 valence electrons. The van der Waals surface area contributed by atoms with E-state index in [-0.39, 0.29) is 6.10 Å². The molecule has 17 heavy (non-hydrogen) atoms. The van der Waals surface area contributed by atoms with Gasteiger partial charge in [-0.25, -0.2) is 4.98 Å². The van der Waals surface area contributed by atoms with Crippen LogP contribution in [0.2, 0.25) is 0 Å². The van der Waals surface area contributed by atoms with Gasteiger partial charge in [-0.2, -0.15) is 0 Å². The highest BCUT2D eigenvalue weighted by Gasteiger charge is 2.16. The number of aromatic amines is 1. The predicted octanol–water partition coefficient (Wildman–Crippen LogP) is 1.79. The van der Waals surface area contributed by atoms with Crippen LogP contribution in [0, 0.1) is 0 Å². The van der Waals surface area contributed by atoms with Crippen molar-refractivity contribution >= 4 is 11.0 Å². The van der Waals surface area contributed by atoms with Crippen LogP contribution in [0.25, 0.3) is 11.0 Å². The van der Waals surface area contributed by atoms with Crippen LogP contribution >= 0.6 is 0 Å². The summed E-state index contributed by atoms with van der Waals surface area (Å²) in [5, 5.41) is 3.35. The normalized spacial score (nSPS) is 20.9. The Hall–Kier alpha value is -1.39. The third-order valence-corrected chi connectivity index (χ3v) is 3.19. The van der Waals surface area contributed by atoms with Gasteiger partial charge in [-0.3, -0.25) is 0 Å². The molecule has 2 N–H and O–H groups in total. The number of nitrogens with one attached hydrogen (secondary N) is 2. The first-order valence-corrected chi connectivity index (χ1v) is 6.17. The maximum atomic E-state index is 5.75. The standard InChI is InChI=1S/C13H17N3O/c1-2-13-15-10-4-3-9(7-11(10)16-13)12-8-14-5-6-17-12/h3-4,7,12,14H,2,5-6,8H2,1H3,(H,15,16). The molecule has 4 heteroatoms. The molecular formula is C13H17N3O. The number of nitrogens with zero attached hydrogens (tertiary/aromatic N) is 1. The van der Waals surface area contributed by atoms with E-state index in [1.54, 1.807) is 0 Å². The molecule has 1 fully saturated rings. The van der Waals surface area contributed by atoms with Crippen molar-refractivity contribution < 1.29 is 4.74 Å². The molecule has 2 aromatic rings. The number of hydrogen-bond donors (Lipinski definition) is 2. The number of imidazole rings is 1. The average molecular weight is 231 g/mol. The Labute approximate surface area is 100 Å². The molecule has 1 aliphatic heterocycles. The van der Waals surface area contributed by atoms with Crippen LogP contribution in [0.15, 0.2) is 18.2 Å². The second-order valence-electron chi connectivity index (χ2n) is 4.38. The third-order valence-electron chi connectivity index (χ3n) is 3.19. The molecule has 4 nitrogen and oxygen atoms in total. The summed E-state index contributed by atoms with van der Waals surface area (Å²) in [6, 6.07) is 6.33. The van der Waals surface area contributed by atoms with Crippen LogP contribution in [0.3, 0.4) is 0 Å². The van der Waals surface area contributed by atoms with E-state index in [1.807, 2.05) is 0 Å². The largest absolute Gasteiger partial charge is 0.371 e. The molecule has 1 aliphatic rings. The zero-order chi connectivity index (χ0) is 11.7. The molecule has 0 bridgehead atoms. The van der Waals surface area contributed by atoms with Crippen molar-refractivity contribution in [3.8, 4) is 0 Å². The first-order chi connectivity index (χ1) is 8.36. The first kappa shape index (κ1) is 10.7. The molecule has 0 radical (unpaired) electrons. The molecule has 2 heterocycles. The van der Waals surface area contributed by atoms with Gasteiger partial charge in [-0.15, -0.1) is 0 Å². The number of morpholine rings is 1. The van der Waals surface area contributed by atoms with Crippen molar-refractivity contribution in [2.24, 2.45) is 0 Å². The number of aryl methyl sites for hydroxylation is 1. The zero-order valence-electron chi connectivity index (χ0n) is 9.99. The van der Waals surface area contributed by atoms with Gasteiger partial charge in [0.05, 0.1) is 23.7 Å². The summed E-state index contributed by atoms with van der Waals surface area (Å²) in [6.45, 7) is 4.72. The quantitative estimate of drug-likeness (QED) is 0.828. The lowest BCUT2D eigenvalue weighted by atomic mass is 10.1. The van der Waals surface area contributed by atoms with Gasteiger partial charge in [0.25, 0.3) is 0 Å². The van der Waals surface area contributed by atoms with Crippen LogP contribution in [-0.2, 0) is 11.2 Å². The predicted molar refractivity (Wildman–Crippen MR) is 67.0 cm³/mol. The lowest BCUT2D eigenvalue weighted by Gasteiger charge is -2.23. The molecule has 1 aromatic carbocycles. The highest BCUT2D eigenvalue weighted by atomic mass is 16.5. The number of H-pyrrole nitrogens is 1. The third kappa shape index (κ3) is 2.06. The number of aromatic nitrogens is 2. The summed E-state index contributed by atoms with van der Waals surface area (Å²) >= 11 is 0. The Kier molecular flexibility index (Phi) is 2.82. The van der Waals surface area contributed by atoms with E-state index in [1.165, 1.54) is 5.56 Å². The summed E-state index contributed by atoms with van der Waals surface area (Å²) in [4.78, 5) is 7.84. The van der Waals surface area contributed by atoms with Crippen molar-refractivity contribution in [2.45, 2.75) is 19.4 Å². The highest BCUT2D eigenvalue weighted by molar-refractivity contribution is 5.76. The van der Waals surface area contributed by atoms with E-state index >= 15 is 0 Å². The molecule has 1 saturated heterocycles. The molecule has 1 unspecified atom stereocenters. The van der Waals surface area contributed by atoms with E-state index < -0.39 is 0 Å². The van der Waals surface area contributed by atoms with Gasteiger partial charge in [0, 0.05) is 19.5 Å². The Morgan fingerprint density at radius 1 is 1.47 bits per heavy atom. The zero-order valence-corrected chi connectivity index (χ0v) is 9.99. The van der Waals surface area contributed by atoms with E-state index in [2.05, 4.69) is 40.4 Å². The summed E-state index contributed by atoms with van der Waals surface area (Å²) in [7, 11) is 0. The smallest absolute Gasteiger partial charge is 0.106 e. The van der Waals surface area contributed by atoms with Gasteiger partial charge in [-0.1, -0.05) is 13.0 Å². The van der Waals surface area contributed by atoms with Crippen molar-refractivity contribution in [3.05, 3.63) is 29.6 Å². The van der Waals surface area contributed by atoms with Crippen LogP contribution in [0.1, 0.15) is 24.4 Å². The van der Waals surface area contributed by atoms with Gasteiger partial charge in [0.1, 0.15) is 5.82 Å². The molecule has 0 amide bonds. The van der Waals surface area contributed by atoms with Crippen LogP contribution in [-0.4, -0.2) is 29.7 Å². The Morgan fingerprint density at radius 3 is 3.18 bits per heavy atom. The molecule has 0 spiro atoms. The van der Waals surface area contributed by atoms with Gasteiger partial charge in [0.2, 0.25) is 0 Å². The number of rotatable bonds is 2. The van der Waals surface area contributed by atoms with Crippen molar-refractivity contribution in [2.75, 3.05) is 19.7 Å². The van der Waals surface area contributed by atoms with E-state index in [0.29, 0.717) is 0 Å². The minimum Gasteiger partial charge on any atom is -0.371 e. The van der Waals surface area contributed by atoms with Gasteiger partial charge < -0.3 is 15.0 Å². The molecule has 1 aromatic heterocycles. The Balaban J connectivity index is 1.94. The van der Waals surface area contributed by atoms with E-state index in [9.17, 15) is 0 Å². The topological polar surface area (TPSA) is 49.9 Å². The molecule has 0 saturated carbocycles. The van der Waals surface area contributed by atoms with Gasteiger partial charge >= 0.3 is 0 Å². The summed E-state index contributed by atoms with van der Waals surface area (Å²) < 4.78 is 5.75. The van der Waals surface area contributed by atoms with Gasteiger partial charge in [0.15, 0.2) is 0 Å². The van der Waals surface area contributed by atoms with Crippen LogP contribution in [0.4, 0.5) is 0 Å². The second kappa shape index (κ2) is 4.47. The summed E-state index contributed by atoms with van der Waals surface area (Å²) in [5.74, 6) is 1.04. The molecule has 3 rings (SSSR count). The Morgan fingerprint density at radius 2 is 2.41 bits per heavy atom. The van der Waals surface area contributed by atoms with E-state index in [0.717, 1.165) is 43.0 Å². The van der Waals surface area contributed by atoms with Crippen LogP contribution in [0.5, 0.6) is 0 Å². The maximum absolute atomic E-state index is 5.75. The number of ether oxygens (including phenoxy) is 1. The fourth-order valence-electron chi connectivity index (χ4n) is 2.23. The number of fused-ring (bicyclic) bond motifs is 1. The minimum absolute atomic E-state index is 0.168. The van der Waals surface area contributed by atoms with Crippen molar-refractivity contribution in [1.82, 2.24) is 15.3 Å². The minimum atomic E-state index is 0.168. The SMILES string of the molecule is CCc1nc2ccc(C3CNCCO3)cc2[nH]1. The maximum Gasteiger partial charge on any atom is 0.106 e. The molecule has 0 aliphatic carbocycles. The first-order valence-electron chi connectivity index (χ1n) is 6.17. The highest BCUT2D eigenvalue weighted by Crippen LogP contribution is 2.22. The molecular weight excluding hydrogens is 214 g/mol. The fourth-order valence-corrected chi connectivity index (χ4v) is 2.23. The van der Waals surface area contributed by atoms with Crippen molar-refractivity contribution in [1.29, 1.82) is 0 Å². The summed E-state index contributed by atoms with van der Waals surface area (Å²) in [6.07, 6.45) is 1.10. The number of hydrogen-bond acceptors (Lipinski definition) is 3. The molecule has 1 atom stereocenters. The van der Waals surface area contributed by atoms with Crippen LogP contribution < -0.4 is 5.32 Å². The fraction of sp³-hybridized carbons (Fsp3) is 0.462. The van der Waals surface area contributed by atoms with E-state index in [4.69, 9.17) is 4.74 Å². The van der Waals surface area contributed by atoms with Gasteiger partial charge in [-0.05, 0) is 17.7 Å². The lowest BCUT2D eigenvalue weighted by molar-refractivity contribution is 0.0278. The monoisotopic (exact) mass is 231 g/mol. The number of benzene rings is 1.